The van der Waals surface area contributed by atoms with Gasteiger partial charge in [0.1, 0.15) is 0 Å². The molecule has 1 aromatic carbocycles. The van der Waals surface area contributed by atoms with Crippen LogP contribution >= 0.6 is 0 Å². The van der Waals surface area contributed by atoms with Crippen LogP contribution in [0.1, 0.15) is 43.2 Å². The second-order valence-electron chi connectivity index (χ2n) is 9.21. The van der Waals surface area contributed by atoms with Crippen LogP contribution in [0, 0.1) is 12.8 Å². The topological polar surface area (TPSA) is 36.0 Å². The Morgan fingerprint density at radius 1 is 1.07 bits per heavy atom. The Labute approximate surface area is 176 Å². The molecule has 1 atom stereocenters. The van der Waals surface area contributed by atoms with Crippen LogP contribution < -0.4 is 0 Å². The first kappa shape index (κ1) is 20.8. The Morgan fingerprint density at radius 3 is 2.45 bits per heavy atom. The molecule has 5 nitrogen and oxygen atoms in total. The molecule has 160 valence electrons. The summed E-state index contributed by atoms with van der Waals surface area (Å²) in [5.41, 5.74) is 2.86. The number of aryl methyl sites for hydroxylation is 1. The van der Waals surface area contributed by atoms with Crippen molar-refractivity contribution in [2.75, 3.05) is 46.4 Å². The number of piperidine rings is 2. The number of hydrogen-bond acceptors (Lipinski definition) is 4. The molecule has 3 saturated heterocycles. The van der Waals surface area contributed by atoms with E-state index in [2.05, 4.69) is 41.0 Å². The third-order valence-electron chi connectivity index (χ3n) is 7.41. The molecule has 0 radical (unpaired) electrons. The number of rotatable bonds is 5. The normalized spacial score (nSPS) is 25.4. The highest BCUT2D eigenvalue weighted by molar-refractivity contribution is 5.79. The monoisotopic (exact) mass is 399 g/mol. The molecule has 0 bridgehead atoms. The summed E-state index contributed by atoms with van der Waals surface area (Å²) >= 11 is 0. The predicted molar refractivity (Wildman–Crippen MR) is 116 cm³/mol. The predicted octanol–water partition coefficient (Wildman–Crippen LogP) is 2.92. The lowest BCUT2D eigenvalue weighted by atomic mass is 9.92. The summed E-state index contributed by atoms with van der Waals surface area (Å²) in [5.74, 6) is 0.547. The second kappa shape index (κ2) is 9.59. The molecule has 3 fully saturated rings. The molecule has 1 amide bonds. The van der Waals surface area contributed by atoms with Crippen molar-refractivity contribution < 1.29 is 9.53 Å². The number of likely N-dealkylation sites (tertiary alicyclic amines) is 2. The molecular weight excluding hydrogens is 362 g/mol. The van der Waals surface area contributed by atoms with Crippen LogP contribution in [0.5, 0.6) is 0 Å². The van der Waals surface area contributed by atoms with E-state index >= 15 is 0 Å². The standard InChI is InChI=1S/C24H37N3O2/c1-19-5-3-4-6-21(19)17-26-12-9-22(10-13-26)27-14-7-20(8-15-27)24(28)25(2)23-11-16-29-18-23/h3-6,20,22-23H,7-18H2,1-2H3. The molecule has 4 rings (SSSR count). The number of hydrogen-bond donors (Lipinski definition) is 0. The van der Waals surface area contributed by atoms with E-state index in [4.69, 9.17) is 4.74 Å². The average Bonchev–Trinajstić information content (AvgIpc) is 3.30. The zero-order valence-electron chi connectivity index (χ0n) is 18.2. The quantitative estimate of drug-likeness (QED) is 0.763. The molecule has 1 aromatic rings. The highest BCUT2D eigenvalue weighted by Crippen LogP contribution is 2.27. The van der Waals surface area contributed by atoms with Crippen LogP contribution in [0.4, 0.5) is 0 Å². The Morgan fingerprint density at radius 2 is 1.79 bits per heavy atom. The highest BCUT2D eigenvalue weighted by atomic mass is 16.5. The number of ether oxygens (including phenoxy) is 1. The Bertz CT molecular complexity index is 672. The van der Waals surface area contributed by atoms with Crippen LogP contribution in [0.15, 0.2) is 24.3 Å². The van der Waals surface area contributed by atoms with Gasteiger partial charge in [0.2, 0.25) is 5.91 Å². The lowest BCUT2D eigenvalue weighted by Gasteiger charge is -2.42. The van der Waals surface area contributed by atoms with Gasteiger partial charge in [0.15, 0.2) is 0 Å². The van der Waals surface area contributed by atoms with Crippen molar-refractivity contribution in [1.82, 2.24) is 14.7 Å². The molecule has 3 heterocycles. The summed E-state index contributed by atoms with van der Waals surface area (Å²) in [7, 11) is 1.97. The maximum atomic E-state index is 12.9. The molecule has 0 N–H and O–H groups in total. The molecular formula is C24H37N3O2. The average molecular weight is 400 g/mol. The third-order valence-corrected chi connectivity index (χ3v) is 7.41. The molecule has 0 spiro atoms. The lowest BCUT2D eigenvalue weighted by Crippen LogP contribution is -2.50. The van der Waals surface area contributed by atoms with E-state index in [1.54, 1.807) is 0 Å². The number of amides is 1. The SMILES string of the molecule is Cc1ccccc1CN1CCC(N2CCC(C(=O)N(C)C3CCOC3)CC2)CC1. The summed E-state index contributed by atoms with van der Waals surface area (Å²) in [6, 6.07) is 9.73. The fourth-order valence-electron chi connectivity index (χ4n) is 5.28. The lowest BCUT2D eigenvalue weighted by molar-refractivity contribution is -0.138. The number of carbonyl (C=O) groups is 1. The van der Waals surface area contributed by atoms with Crippen molar-refractivity contribution in [2.24, 2.45) is 5.92 Å². The fourth-order valence-corrected chi connectivity index (χ4v) is 5.28. The van der Waals surface area contributed by atoms with E-state index < -0.39 is 0 Å². The van der Waals surface area contributed by atoms with Crippen LogP contribution in [-0.2, 0) is 16.1 Å². The molecule has 5 heteroatoms. The zero-order valence-corrected chi connectivity index (χ0v) is 18.2. The Kier molecular flexibility index (Phi) is 6.88. The summed E-state index contributed by atoms with van der Waals surface area (Å²) in [6.45, 7) is 9.32. The van der Waals surface area contributed by atoms with Gasteiger partial charge in [-0.2, -0.15) is 0 Å². The molecule has 3 aliphatic rings. The van der Waals surface area contributed by atoms with E-state index in [0.29, 0.717) is 18.6 Å². The summed E-state index contributed by atoms with van der Waals surface area (Å²) in [5, 5.41) is 0. The Balaban J connectivity index is 1.21. The molecule has 0 saturated carbocycles. The van der Waals surface area contributed by atoms with Crippen LogP contribution in [0.2, 0.25) is 0 Å². The molecule has 1 unspecified atom stereocenters. The van der Waals surface area contributed by atoms with E-state index in [9.17, 15) is 4.79 Å². The van der Waals surface area contributed by atoms with Crippen molar-refractivity contribution in [1.29, 1.82) is 0 Å². The van der Waals surface area contributed by atoms with Gasteiger partial charge in [0, 0.05) is 32.2 Å². The minimum atomic E-state index is 0.206. The van der Waals surface area contributed by atoms with Gasteiger partial charge in [0.25, 0.3) is 0 Å². The van der Waals surface area contributed by atoms with Gasteiger partial charge >= 0.3 is 0 Å². The maximum absolute atomic E-state index is 12.9. The van der Waals surface area contributed by atoms with E-state index in [0.717, 1.165) is 45.5 Å². The van der Waals surface area contributed by atoms with E-state index in [1.165, 1.54) is 37.1 Å². The van der Waals surface area contributed by atoms with Gasteiger partial charge in [-0.05, 0) is 76.3 Å². The second-order valence-corrected chi connectivity index (χ2v) is 9.21. The number of likely N-dealkylation sites (N-methyl/N-ethyl adjacent to an activating group) is 1. The van der Waals surface area contributed by atoms with Gasteiger partial charge in [-0.15, -0.1) is 0 Å². The fraction of sp³-hybridized carbons (Fsp3) is 0.708. The number of benzene rings is 1. The molecule has 29 heavy (non-hydrogen) atoms. The number of nitrogens with zero attached hydrogens (tertiary/aromatic N) is 3. The minimum absolute atomic E-state index is 0.206. The highest BCUT2D eigenvalue weighted by Gasteiger charge is 2.34. The van der Waals surface area contributed by atoms with Crippen molar-refractivity contribution in [3.63, 3.8) is 0 Å². The van der Waals surface area contributed by atoms with Gasteiger partial charge in [-0.3, -0.25) is 9.69 Å². The minimum Gasteiger partial charge on any atom is -0.379 e. The van der Waals surface area contributed by atoms with Crippen LogP contribution in [0.25, 0.3) is 0 Å². The summed E-state index contributed by atoms with van der Waals surface area (Å²) in [4.78, 5) is 20.1. The molecule has 3 aliphatic heterocycles. The first-order valence-electron chi connectivity index (χ1n) is 11.5. The van der Waals surface area contributed by atoms with Gasteiger partial charge in [-0.1, -0.05) is 24.3 Å². The van der Waals surface area contributed by atoms with Crippen LogP contribution in [0.3, 0.4) is 0 Å². The first-order chi connectivity index (χ1) is 14.1. The van der Waals surface area contributed by atoms with Crippen molar-refractivity contribution in [3.05, 3.63) is 35.4 Å². The van der Waals surface area contributed by atoms with Gasteiger partial charge in [0.05, 0.1) is 12.6 Å². The van der Waals surface area contributed by atoms with Gasteiger partial charge in [-0.25, -0.2) is 0 Å². The van der Waals surface area contributed by atoms with Gasteiger partial charge < -0.3 is 14.5 Å². The first-order valence-corrected chi connectivity index (χ1v) is 11.5. The van der Waals surface area contributed by atoms with E-state index in [-0.39, 0.29) is 12.0 Å². The number of carbonyl (C=O) groups excluding carboxylic acids is 1. The van der Waals surface area contributed by atoms with Crippen molar-refractivity contribution in [2.45, 2.75) is 57.7 Å². The zero-order chi connectivity index (χ0) is 20.2. The molecule has 0 aromatic heterocycles. The Hall–Kier alpha value is -1.43. The largest absolute Gasteiger partial charge is 0.379 e. The smallest absolute Gasteiger partial charge is 0.225 e. The summed E-state index contributed by atoms with van der Waals surface area (Å²) < 4.78 is 5.46. The summed E-state index contributed by atoms with van der Waals surface area (Å²) in [6.07, 6.45) is 5.52. The van der Waals surface area contributed by atoms with Crippen molar-refractivity contribution >= 4 is 5.91 Å². The van der Waals surface area contributed by atoms with Crippen LogP contribution in [-0.4, -0.2) is 79.1 Å². The van der Waals surface area contributed by atoms with E-state index in [1.807, 2.05) is 11.9 Å². The maximum Gasteiger partial charge on any atom is 0.225 e. The third kappa shape index (κ3) is 5.01. The molecule has 0 aliphatic carbocycles. The van der Waals surface area contributed by atoms with Crippen molar-refractivity contribution in [3.8, 4) is 0 Å².